The predicted octanol–water partition coefficient (Wildman–Crippen LogP) is 3.35. The van der Waals surface area contributed by atoms with Crippen molar-refractivity contribution in [1.82, 2.24) is 14.5 Å². The minimum atomic E-state index is 0.156. The van der Waals surface area contributed by atoms with Crippen LogP contribution in [0.2, 0.25) is 0 Å². The average molecular weight is 357 g/mol. The van der Waals surface area contributed by atoms with Crippen molar-refractivity contribution in [2.45, 2.75) is 70.9 Å². The van der Waals surface area contributed by atoms with E-state index < -0.39 is 0 Å². The summed E-state index contributed by atoms with van der Waals surface area (Å²) >= 11 is 0. The first-order chi connectivity index (χ1) is 12.6. The zero-order valence-electron chi connectivity index (χ0n) is 16.3. The second-order valence-electron chi connectivity index (χ2n) is 8.96. The van der Waals surface area contributed by atoms with Gasteiger partial charge < -0.3 is 14.2 Å². The Balaban J connectivity index is 1.27. The first-order valence-corrected chi connectivity index (χ1v) is 10.4. The van der Waals surface area contributed by atoms with Gasteiger partial charge in [-0.1, -0.05) is 6.92 Å². The van der Waals surface area contributed by atoms with Crippen molar-refractivity contribution >= 4 is 0 Å². The molecule has 3 aliphatic heterocycles. The van der Waals surface area contributed by atoms with E-state index in [4.69, 9.17) is 15.0 Å². The molecule has 5 heteroatoms. The van der Waals surface area contributed by atoms with Crippen molar-refractivity contribution in [3.63, 3.8) is 0 Å². The SMILES string of the molecule is CC(CCC(C)N1CCC2(CC1)COC2)c1cn2c(n1)CCC(C#N)C2. The minimum absolute atomic E-state index is 0.156. The Morgan fingerprint density at radius 3 is 2.73 bits per heavy atom. The van der Waals surface area contributed by atoms with Crippen LogP contribution in [-0.4, -0.2) is 46.8 Å². The van der Waals surface area contributed by atoms with Gasteiger partial charge in [0.25, 0.3) is 0 Å². The highest BCUT2D eigenvalue weighted by Gasteiger charge is 2.41. The van der Waals surface area contributed by atoms with Crippen LogP contribution in [0.15, 0.2) is 6.20 Å². The second kappa shape index (κ2) is 7.32. The van der Waals surface area contributed by atoms with Crippen LogP contribution in [0.5, 0.6) is 0 Å². The van der Waals surface area contributed by atoms with E-state index >= 15 is 0 Å². The number of imidazole rings is 1. The smallest absolute Gasteiger partial charge is 0.109 e. The zero-order valence-corrected chi connectivity index (χ0v) is 16.3. The Morgan fingerprint density at radius 1 is 1.31 bits per heavy atom. The molecule has 2 saturated heterocycles. The Kier molecular flexibility index (Phi) is 5.07. The van der Waals surface area contributed by atoms with Crippen molar-refractivity contribution in [3.05, 3.63) is 17.7 Å². The summed E-state index contributed by atoms with van der Waals surface area (Å²) in [5.74, 6) is 1.83. The number of hydrogen-bond donors (Lipinski definition) is 0. The third-order valence-electron chi connectivity index (χ3n) is 7.01. The Labute approximate surface area is 157 Å². The molecule has 0 aromatic carbocycles. The van der Waals surface area contributed by atoms with E-state index in [-0.39, 0.29) is 5.92 Å². The quantitative estimate of drug-likeness (QED) is 0.812. The fourth-order valence-corrected chi connectivity index (χ4v) is 4.75. The second-order valence-corrected chi connectivity index (χ2v) is 8.96. The highest BCUT2D eigenvalue weighted by Crippen LogP contribution is 2.39. The van der Waals surface area contributed by atoms with Crippen LogP contribution in [0.3, 0.4) is 0 Å². The Morgan fingerprint density at radius 2 is 2.08 bits per heavy atom. The molecule has 142 valence electrons. The van der Waals surface area contributed by atoms with Crippen molar-refractivity contribution < 1.29 is 4.74 Å². The first-order valence-electron chi connectivity index (χ1n) is 10.4. The number of aryl methyl sites for hydroxylation is 1. The van der Waals surface area contributed by atoms with Gasteiger partial charge in [0.15, 0.2) is 0 Å². The maximum atomic E-state index is 9.16. The molecule has 3 unspecified atom stereocenters. The standard InChI is InChI=1S/C21H32N4O/c1-16(19-13-25-12-18(11-22)5-6-20(25)23-19)3-4-17(2)24-9-7-21(8-10-24)14-26-15-21/h13,16-18H,3-10,12,14-15H2,1-2H3. The number of hydrogen-bond acceptors (Lipinski definition) is 4. The molecule has 3 aliphatic rings. The molecule has 4 heterocycles. The molecule has 0 radical (unpaired) electrons. The Bertz CT molecular complexity index is 662. The molecular formula is C21H32N4O. The summed E-state index contributed by atoms with van der Waals surface area (Å²) in [7, 11) is 0. The molecule has 26 heavy (non-hydrogen) atoms. The van der Waals surface area contributed by atoms with Crippen LogP contribution in [-0.2, 0) is 17.7 Å². The van der Waals surface area contributed by atoms with Crippen LogP contribution in [0.25, 0.3) is 0 Å². The average Bonchev–Trinajstić information content (AvgIpc) is 3.07. The van der Waals surface area contributed by atoms with Crippen molar-refractivity contribution in [1.29, 1.82) is 5.26 Å². The summed E-state index contributed by atoms with van der Waals surface area (Å²) in [6.07, 6.45) is 9.13. The molecule has 0 aliphatic carbocycles. The molecule has 1 spiro atoms. The van der Waals surface area contributed by atoms with Gasteiger partial charge in [-0.15, -0.1) is 0 Å². The van der Waals surface area contributed by atoms with E-state index in [2.05, 4.69) is 35.6 Å². The van der Waals surface area contributed by atoms with Crippen LogP contribution in [0.1, 0.15) is 63.4 Å². The topological polar surface area (TPSA) is 54.1 Å². The Hall–Kier alpha value is -1.38. The fraction of sp³-hybridized carbons (Fsp3) is 0.810. The van der Waals surface area contributed by atoms with Gasteiger partial charge in [0, 0.05) is 30.6 Å². The lowest BCUT2D eigenvalue weighted by Gasteiger charge is -2.48. The van der Waals surface area contributed by atoms with Crippen LogP contribution < -0.4 is 0 Å². The summed E-state index contributed by atoms with van der Waals surface area (Å²) in [6, 6.07) is 3.06. The number of nitrogens with zero attached hydrogens (tertiary/aromatic N) is 4. The zero-order chi connectivity index (χ0) is 18.1. The van der Waals surface area contributed by atoms with Gasteiger partial charge >= 0.3 is 0 Å². The van der Waals surface area contributed by atoms with Crippen molar-refractivity contribution in [2.24, 2.45) is 11.3 Å². The summed E-state index contributed by atoms with van der Waals surface area (Å²) in [5, 5.41) is 9.16. The predicted molar refractivity (Wildman–Crippen MR) is 101 cm³/mol. The van der Waals surface area contributed by atoms with E-state index in [1.54, 1.807) is 0 Å². The van der Waals surface area contributed by atoms with Gasteiger partial charge in [-0.05, 0) is 58.0 Å². The van der Waals surface area contributed by atoms with E-state index in [9.17, 15) is 0 Å². The highest BCUT2D eigenvalue weighted by atomic mass is 16.5. The molecule has 1 aromatic rings. The lowest BCUT2D eigenvalue weighted by Crippen LogP contribution is -2.52. The van der Waals surface area contributed by atoms with Crippen LogP contribution >= 0.6 is 0 Å². The number of likely N-dealkylation sites (tertiary alicyclic amines) is 1. The fourth-order valence-electron chi connectivity index (χ4n) is 4.75. The third kappa shape index (κ3) is 3.54. The molecule has 4 rings (SSSR count). The van der Waals surface area contributed by atoms with Crippen molar-refractivity contribution in [3.8, 4) is 6.07 Å². The molecular weight excluding hydrogens is 324 g/mol. The van der Waals surface area contributed by atoms with E-state index in [0.717, 1.165) is 32.6 Å². The molecule has 3 atom stereocenters. The summed E-state index contributed by atoms with van der Waals surface area (Å²) in [5.41, 5.74) is 1.75. The normalized spacial score (nSPS) is 27.3. The molecule has 0 saturated carbocycles. The summed E-state index contributed by atoms with van der Waals surface area (Å²) in [6.45, 7) is 9.95. The number of piperidine rings is 1. The number of fused-ring (bicyclic) bond motifs is 1. The molecule has 0 N–H and O–H groups in total. The highest BCUT2D eigenvalue weighted by molar-refractivity contribution is 5.12. The number of ether oxygens (including phenoxy) is 1. The maximum Gasteiger partial charge on any atom is 0.109 e. The largest absolute Gasteiger partial charge is 0.380 e. The number of aromatic nitrogens is 2. The summed E-state index contributed by atoms with van der Waals surface area (Å²) in [4.78, 5) is 7.55. The van der Waals surface area contributed by atoms with Gasteiger partial charge in [-0.2, -0.15) is 5.26 Å². The van der Waals surface area contributed by atoms with Crippen LogP contribution in [0, 0.1) is 22.7 Å². The van der Waals surface area contributed by atoms with Gasteiger partial charge in [-0.25, -0.2) is 4.98 Å². The molecule has 2 fully saturated rings. The molecule has 0 amide bonds. The van der Waals surface area contributed by atoms with Crippen molar-refractivity contribution in [2.75, 3.05) is 26.3 Å². The molecule has 0 bridgehead atoms. The maximum absolute atomic E-state index is 9.16. The number of rotatable bonds is 5. The van der Waals surface area contributed by atoms with E-state index in [1.165, 1.54) is 50.3 Å². The van der Waals surface area contributed by atoms with Gasteiger partial charge in [-0.3, -0.25) is 0 Å². The monoisotopic (exact) mass is 356 g/mol. The van der Waals surface area contributed by atoms with Crippen LogP contribution in [0.4, 0.5) is 0 Å². The van der Waals surface area contributed by atoms with Gasteiger partial charge in [0.2, 0.25) is 0 Å². The lowest BCUT2D eigenvalue weighted by atomic mass is 9.76. The molecule has 5 nitrogen and oxygen atoms in total. The van der Waals surface area contributed by atoms with E-state index in [1.807, 2.05) is 0 Å². The van der Waals surface area contributed by atoms with E-state index in [0.29, 0.717) is 17.4 Å². The third-order valence-corrected chi connectivity index (χ3v) is 7.01. The molecule has 1 aromatic heterocycles. The first kappa shape index (κ1) is 18.0. The number of nitriles is 1. The summed E-state index contributed by atoms with van der Waals surface area (Å²) < 4.78 is 7.66. The minimum Gasteiger partial charge on any atom is -0.380 e. The van der Waals surface area contributed by atoms with Gasteiger partial charge in [0.05, 0.1) is 30.9 Å². The van der Waals surface area contributed by atoms with Gasteiger partial charge in [0.1, 0.15) is 5.82 Å². The lowest BCUT2D eigenvalue weighted by molar-refractivity contribution is -0.142.